The van der Waals surface area contributed by atoms with Crippen LogP contribution in [-0.4, -0.2) is 26.3 Å². The summed E-state index contributed by atoms with van der Waals surface area (Å²) in [5, 5.41) is 0. The van der Waals surface area contributed by atoms with Crippen molar-refractivity contribution in [2.75, 3.05) is 13.6 Å². The third kappa shape index (κ3) is 3.73. The molecule has 0 spiro atoms. The average Bonchev–Trinajstić information content (AvgIpc) is 2.34. The highest BCUT2D eigenvalue weighted by Gasteiger charge is 2.34. The third-order valence-electron chi connectivity index (χ3n) is 3.05. The Morgan fingerprint density at radius 2 is 1.85 bits per heavy atom. The van der Waals surface area contributed by atoms with Crippen molar-refractivity contribution < 1.29 is 21.6 Å². The molecule has 0 N–H and O–H groups in total. The Kier molecular flexibility index (Phi) is 5.21. The number of halogens is 3. The van der Waals surface area contributed by atoms with E-state index in [0.29, 0.717) is 12.5 Å². The van der Waals surface area contributed by atoms with Crippen LogP contribution in [0.5, 0.6) is 0 Å². The van der Waals surface area contributed by atoms with Crippen LogP contribution in [0.2, 0.25) is 0 Å². The van der Waals surface area contributed by atoms with Crippen molar-refractivity contribution in [1.82, 2.24) is 4.31 Å². The van der Waals surface area contributed by atoms with E-state index in [-0.39, 0.29) is 17.0 Å². The number of aryl methyl sites for hydroxylation is 1. The molecule has 0 aliphatic carbocycles. The topological polar surface area (TPSA) is 37.4 Å². The van der Waals surface area contributed by atoms with Gasteiger partial charge in [0.2, 0.25) is 10.0 Å². The summed E-state index contributed by atoms with van der Waals surface area (Å²) in [6, 6.07) is 3.10. The largest absolute Gasteiger partial charge is 0.416 e. The standard InChI is InChI=1S/C13H18F3NO2S/c1-4-5-8-17(3)20(18,19)11-7-6-10(2)12(9-11)13(14,15)16/h6-7,9H,4-5,8H2,1-3H3. The van der Waals surface area contributed by atoms with Crippen LogP contribution in [0.1, 0.15) is 30.9 Å². The summed E-state index contributed by atoms with van der Waals surface area (Å²) < 4.78 is 63.9. The van der Waals surface area contributed by atoms with Gasteiger partial charge in [0, 0.05) is 13.6 Å². The second-order valence-corrected chi connectivity index (χ2v) is 6.70. The van der Waals surface area contributed by atoms with Crippen molar-refractivity contribution in [3.63, 3.8) is 0 Å². The summed E-state index contributed by atoms with van der Waals surface area (Å²) >= 11 is 0. The Morgan fingerprint density at radius 1 is 1.25 bits per heavy atom. The summed E-state index contributed by atoms with van der Waals surface area (Å²) in [4.78, 5) is -0.325. The van der Waals surface area contributed by atoms with Gasteiger partial charge in [-0.3, -0.25) is 0 Å². The predicted molar refractivity (Wildman–Crippen MR) is 70.9 cm³/mol. The molecule has 0 saturated heterocycles. The van der Waals surface area contributed by atoms with Gasteiger partial charge < -0.3 is 0 Å². The first-order valence-corrected chi connectivity index (χ1v) is 7.69. The predicted octanol–water partition coefficient (Wildman–Crippen LogP) is 3.43. The van der Waals surface area contributed by atoms with Crippen molar-refractivity contribution in [3.8, 4) is 0 Å². The summed E-state index contributed by atoms with van der Waals surface area (Å²) in [7, 11) is -2.50. The molecule has 0 bridgehead atoms. The maximum atomic E-state index is 12.8. The SMILES string of the molecule is CCCCN(C)S(=O)(=O)c1ccc(C)c(C(F)(F)F)c1. The number of sulfonamides is 1. The summed E-state index contributed by atoms with van der Waals surface area (Å²) in [5.41, 5.74) is -0.907. The number of nitrogens with zero attached hydrogens (tertiary/aromatic N) is 1. The van der Waals surface area contributed by atoms with Crippen LogP contribution in [0.15, 0.2) is 23.1 Å². The molecule has 0 aliphatic heterocycles. The van der Waals surface area contributed by atoms with E-state index in [4.69, 9.17) is 0 Å². The van der Waals surface area contributed by atoms with Gasteiger partial charge in [0.25, 0.3) is 0 Å². The fourth-order valence-corrected chi connectivity index (χ4v) is 2.98. The number of hydrogen-bond donors (Lipinski definition) is 0. The van der Waals surface area contributed by atoms with E-state index in [1.807, 2.05) is 6.92 Å². The lowest BCUT2D eigenvalue weighted by atomic mass is 10.1. The molecule has 3 nitrogen and oxygen atoms in total. The highest BCUT2D eigenvalue weighted by molar-refractivity contribution is 7.89. The number of alkyl halides is 3. The van der Waals surface area contributed by atoms with Gasteiger partial charge >= 0.3 is 6.18 Å². The second-order valence-electron chi connectivity index (χ2n) is 4.65. The van der Waals surface area contributed by atoms with Crippen LogP contribution >= 0.6 is 0 Å². The number of unbranched alkanes of at least 4 members (excludes halogenated alkanes) is 1. The maximum absolute atomic E-state index is 12.8. The van der Waals surface area contributed by atoms with E-state index in [1.165, 1.54) is 26.1 Å². The van der Waals surface area contributed by atoms with E-state index in [9.17, 15) is 21.6 Å². The Balaban J connectivity index is 3.20. The Bertz CT molecular complexity index is 567. The van der Waals surface area contributed by atoms with Crippen LogP contribution in [-0.2, 0) is 16.2 Å². The normalized spacial score (nSPS) is 12.9. The molecular formula is C13H18F3NO2S. The molecule has 1 rings (SSSR count). The fourth-order valence-electron chi connectivity index (χ4n) is 1.75. The van der Waals surface area contributed by atoms with E-state index >= 15 is 0 Å². The minimum Gasteiger partial charge on any atom is -0.207 e. The van der Waals surface area contributed by atoms with Crippen LogP contribution < -0.4 is 0 Å². The molecule has 0 radical (unpaired) electrons. The molecular weight excluding hydrogens is 291 g/mol. The quantitative estimate of drug-likeness (QED) is 0.835. The van der Waals surface area contributed by atoms with Gasteiger partial charge in [-0.15, -0.1) is 0 Å². The van der Waals surface area contributed by atoms with Crippen molar-refractivity contribution in [2.24, 2.45) is 0 Å². The van der Waals surface area contributed by atoms with Gasteiger partial charge in [-0.2, -0.15) is 13.2 Å². The lowest BCUT2D eigenvalue weighted by Gasteiger charge is -2.18. The molecule has 0 fully saturated rings. The van der Waals surface area contributed by atoms with Gasteiger partial charge in [-0.25, -0.2) is 12.7 Å². The lowest BCUT2D eigenvalue weighted by molar-refractivity contribution is -0.138. The molecule has 0 atom stereocenters. The fraction of sp³-hybridized carbons (Fsp3) is 0.538. The molecule has 20 heavy (non-hydrogen) atoms. The van der Waals surface area contributed by atoms with Crippen LogP contribution in [0.3, 0.4) is 0 Å². The first-order valence-electron chi connectivity index (χ1n) is 6.25. The van der Waals surface area contributed by atoms with E-state index < -0.39 is 21.8 Å². The van der Waals surface area contributed by atoms with Crippen LogP contribution in [0.4, 0.5) is 13.2 Å². The minimum atomic E-state index is -4.56. The van der Waals surface area contributed by atoms with E-state index in [0.717, 1.165) is 10.7 Å². The molecule has 1 aromatic carbocycles. The van der Waals surface area contributed by atoms with Crippen molar-refractivity contribution in [2.45, 2.75) is 37.8 Å². The summed E-state index contributed by atoms with van der Waals surface area (Å²) in [5.74, 6) is 0. The number of hydrogen-bond acceptors (Lipinski definition) is 2. The zero-order valence-electron chi connectivity index (χ0n) is 11.7. The van der Waals surface area contributed by atoms with Crippen molar-refractivity contribution in [3.05, 3.63) is 29.3 Å². The van der Waals surface area contributed by atoms with Crippen LogP contribution in [0, 0.1) is 6.92 Å². The highest BCUT2D eigenvalue weighted by atomic mass is 32.2. The lowest BCUT2D eigenvalue weighted by Crippen LogP contribution is -2.28. The Labute approximate surface area is 117 Å². The molecule has 0 unspecified atom stereocenters. The highest BCUT2D eigenvalue weighted by Crippen LogP contribution is 2.33. The molecule has 0 aliphatic rings. The molecule has 1 aromatic rings. The van der Waals surface area contributed by atoms with E-state index in [1.54, 1.807) is 0 Å². The molecule has 0 aromatic heterocycles. The van der Waals surface area contributed by atoms with Crippen molar-refractivity contribution >= 4 is 10.0 Å². The average molecular weight is 309 g/mol. The summed E-state index contributed by atoms with van der Waals surface area (Å²) in [6.07, 6.45) is -3.09. The molecule has 0 heterocycles. The molecule has 0 saturated carbocycles. The van der Waals surface area contributed by atoms with Crippen LogP contribution in [0.25, 0.3) is 0 Å². The maximum Gasteiger partial charge on any atom is 0.416 e. The number of benzene rings is 1. The van der Waals surface area contributed by atoms with Gasteiger partial charge in [0.15, 0.2) is 0 Å². The Morgan fingerprint density at radius 3 is 2.35 bits per heavy atom. The van der Waals surface area contributed by atoms with Gasteiger partial charge in [0.05, 0.1) is 10.5 Å². The monoisotopic (exact) mass is 309 g/mol. The molecule has 114 valence electrons. The first-order chi connectivity index (χ1) is 9.10. The second kappa shape index (κ2) is 6.13. The first kappa shape index (κ1) is 17.0. The zero-order valence-corrected chi connectivity index (χ0v) is 12.5. The number of rotatable bonds is 5. The molecule has 7 heteroatoms. The zero-order chi connectivity index (χ0) is 15.6. The third-order valence-corrected chi connectivity index (χ3v) is 4.90. The van der Waals surface area contributed by atoms with Gasteiger partial charge in [-0.1, -0.05) is 19.4 Å². The van der Waals surface area contributed by atoms with Crippen molar-refractivity contribution in [1.29, 1.82) is 0 Å². The van der Waals surface area contributed by atoms with Gasteiger partial charge in [0.1, 0.15) is 0 Å². The Hall–Kier alpha value is -1.08. The minimum absolute atomic E-state index is 0.00709. The molecule has 0 amide bonds. The van der Waals surface area contributed by atoms with Gasteiger partial charge in [-0.05, 0) is 31.0 Å². The summed E-state index contributed by atoms with van der Waals surface area (Å²) in [6.45, 7) is 3.50. The van der Waals surface area contributed by atoms with E-state index in [2.05, 4.69) is 0 Å². The smallest absolute Gasteiger partial charge is 0.207 e.